The summed E-state index contributed by atoms with van der Waals surface area (Å²) >= 11 is 0. The Balaban J connectivity index is 2.00. The average Bonchev–Trinajstić information content (AvgIpc) is 2.85. The van der Waals surface area contributed by atoms with Crippen molar-refractivity contribution in [3.05, 3.63) is 35.5 Å². The Morgan fingerprint density at radius 1 is 1.16 bits per heavy atom. The van der Waals surface area contributed by atoms with Crippen molar-refractivity contribution >= 4 is 10.9 Å². The Morgan fingerprint density at radius 3 is 2.74 bits per heavy atom. The fraction of sp³-hybridized carbons (Fsp3) is 0.529. The molecule has 1 aliphatic carbocycles. The van der Waals surface area contributed by atoms with Crippen LogP contribution in [0.25, 0.3) is 10.9 Å². The van der Waals surface area contributed by atoms with Crippen LogP contribution in [-0.2, 0) is 11.2 Å². The summed E-state index contributed by atoms with van der Waals surface area (Å²) in [5.41, 5.74) is 4.26. The van der Waals surface area contributed by atoms with Gasteiger partial charge in [0.2, 0.25) is 0 Å². The highest BCUT2D eigenvalue weighted by molar-refractivity contribution is 5.84. The molecule has 0 aliphatic heterocycles. The highest BCUT2D eigenvalue weighted by Crippen LogP contribution is 2.36. The van der Waals surface area contributed by atoms with Gasteiger partial charge >= 0.3 is 0 Å². The van der Waals surface area contributed by atoms with Crippen LogP contribution in [-0.4, -0.2) is 18.7 Å². The number of hydrogen-bond acceptors (Lipinski definition) is 1. The van der Waals surface area contributed by atoms with Gasteiger partial charge in [0.15, 0.2) is 0 Å². The van der Waals surface area contributed by atoms with Crippen molar-refractivity contribution in [3.8, 4) is 0 Å². The van der Waals surface area contributed by atoms with E-state index in [1.807, 2.05) is 0 Å². The van der Waals surface area contributed by atoms with Gasteiger partial charge in [0.05, 0.1) is 6.61 Å². The van der Waals surface area contributed by atoms with Gasteiger partial charge in [-0.15, -0.1) is 0 Å². The van der Waals surface area contributed by atoms with Gasteiger partial charge < -0.3 is 9.72 Å². The van der Waals surface area contributed by atoms with Crippen molar-refractivity contribution in [1.29, 1.82) is 0 Å². The Morgan fingerprint density at radius 2 is 1.95 bits per heavy atom. The Bertz CT molecular complexity index is 537. The van der Waals surface area contributed by atoms with Crippen LogP contribution < -0.4 is 0 Å². The van der Waals surface area contributed by atoms with Crippen LogP contribution in [0.5, 0.6) is 0 Å². The molecule has 102 valence electrons. The first-order chi connectivity index (χ1) is 9.40. The fourth-order valence-corrected chi connectivity index (χ4v) is 3.43. The summed E-state index contributed by atoms with van der Waals surface area (Å²) in [5, 5.41) is 1.39. The van der Waals surface area contributed by atoms with Gasteiger partial charge in [0.25, 0.3) is 0 Å². The largest absolute Gasteiger partial charge is 0.384 e. The number of hydrogen-bond donors (Lipinski definition) is 1. The SMILES string of the molecule is COCCc1c(C2CCCCC2)[nH]c2ccccc12. The molecule has 19 heavy (non-hydrogen) atoms. The maximum absolute atomic E-state index is 5.29. The zero-order valence-electron chi connectivity index (χ0n) is 11.7. The summed E-state index contributed by atoms with van der Waals surface area (Å²) in [7, 11) is 1.79. The quantitative estimate of drug-likeness (QED) is 0.862. The van der Waals surface area contributed by atoms with E-state index < -0.39 is 0 Å². The minimum atomic E-state index is 0.730. The molecular formula is C17H23NO. The molecule has 1 heterocycles. The lowest BCUT2D eigenvalue weighted by atomic mass is 9.85. The third-order valence-electron chi connectivity index (χ3n) is 4.42. The number of rotatable bonds is 4. The fourth-order valence-electron chi connectivity index (χ4n) is 3.43. The van der Waals surface area contributed by atoms with E-state index in [2.05, 4.69) is 29.2 Å². The second-order valence-electron chi connectivity index (χ2n) is 5.64. The second kappa shape index (κ2) is 5.79. The Labute approximate surface area is 115 Å². The number of aromatic nitrogens is 1. The molecule has 0 saturated heterocycles. The minimum Gasteiger partial charge on any atom is -0.384 e. The third kappa shape index (κ3) is 2.55. The molecule has 0 amide bonds. The molecule has 1 saturated carbocycles. The summed E-state index contributed by atoms with van der Waals surface area (Å²) in [4.78, 5) is 3.69. The van der Waals surface area contributed by atoms with Crippen LogP contribution in [0, 0.1) is 0 Å². The number of fused-ring (bicyclic) bond motifs is 1. The first-order valence-electron chi connectivity index (χ1n) is 7.48. The summed E-state index contributed by atoms with van der Waals surface area (Å²) in [6.07, 6.45) is 7.86. The Hall–Kier alpha value is -1.28. The van der Waals surface area contributed by atoms with E-state index in [4.69, 9.17) is 4.74 Å². The smallest absolute Gasteiger partial charge is 0.0503 e. The van der Waals surface area contributed by atoms with Gasteiger partial charge in [-0.3, -0.25) is 0 Å². The molecule has 2 nitrogen and oxygen atoms in total. The van der Waals surface area contributed by atoms with Crippen LogP contribution in [0.4, 0.5) is 0 Å². The second-order valence-corrected chi connectivity index (χ2v) is 5.64. The van der Waals surface area contributed by atoms with E-state index in [9.17, 15) is 0 Å². The first kappa shape index (κ1) is 12.7. The standard InChI is InChI=1S/C17H23NO/c1-19-12-11-15-14-9-5-6-10-16(14)18-17(15)13-7-3-2-4-8-13/h5-6,9-10,13,18H,2-4,7-8,11-12H2,1H3. The molecule has 1 fully saturated rings. The molecule has 0 bridgehead atoms. The summed E-state index contributed by atoms with van der Waals surface area (Å²) in [6, 6.07) is 8.68. The monoisotopic (exact) mass is 257 g/mol. The van der Waals surface area contributed by atoms with Crippen LogP contribution in [0.3, 0.4) is 0 Å². The highest BCUT2D eigenvalue weighted by Gasteiger charge is 2.21. The number of methoxy groups -OCH3 is 1. The Kier molecular flexibility index (Phi) is 3.88. The lowest BCUT2D eigenvalue weighted by molar-refractivity contribution is 0.202. The lowest BCUT2D eigenvalue weighted by Crippen LogP contribution is -2.08. The van der Waals surface area contributed by atoms with Crippen LogP contribution in [0.2, 0.25) is 0 Å². The molecule has 1 aromatic carbocycles. The molecule has 2 aromatic rings. The molecule has 3 rings (SSSR count). The molecule has 1 aliphatic rings. The maximum Gasteiger partial charge on any atom is 0.0503 e. The normalized spacial score (nSPS) is 17.1. The summed E-state index contributed by atoms with van der Waals surface area (Å²) < 4.78 is 5.29. The van der Waals surface area contributed by atoms with Crippen molar-refractivity contribution in [3.63, 3.8) is 0 Å². The first-order valence-corrected chi connectivity index (χ1v) is 7.48. The molecule has 0 spiro atoms. The summed E-state index contributed by atoms with van der Waals surface area (Å²) in [5.74, 6) is 0.730. The third-order valence-corrected chi connectivity index (χ3v) is 4.42. The zero-order chi connectivity index (χ0) is 13.1. The number of benzene rings is 1. The molecule has 0 radical (unpaired) electrons. The van der Waals surface area contributed by atoms with E-state index in [0.717, 1.165) is 18.9 Å². The number of H-pyrrole nitrogens is 1. The van der Waals surface area contributed by atoms with Gasteiger partial charge in [0.1, 0.15) is 0 Å². The van der Waals surface area contributed by atoms with Crippen molar-refractivity contribution < 1.29 is 4.74 Å². The number of aromatic amines is 1. The molecule has 1 aromatic heterocycles. The molecule has 2 heteroatoms. The van der Waals surface area contributed by atoms with Crippen molar-refractivity contribution in [2.45, 2.75) is 44.4 Å². The maximum atomic E-state index is 5.29. The summed E-state index contributed by atoms with van der Waals surface area (Å²) in [6.45, 7) is 0.807. The van der Waals surface area contributed by atoms with E-state index >= 15 is 0 Å². The molecule has 0 unspecified atom stereocenters. The molecule has 0 atom stereocenters. The van der Waals surface area contributed by atoms with Gasteiger partial charge in [-0.25, -0.2) is 0 Å². The van der Waals surface area contributed by atoms with E-state index in [0.29, 0.717) is 0 Å². The van der Waals surface area contributed by atoms with Crippen LogP contribution >= 0.6 is 0 Å². The average molecular weight is 257 g/mol. The van der Waals surface area contributed by atoms with E-state index in [1.54, 1.807) is 7.11 Å². The van der Waals surface area contributed by atoms with Crippen molar-refractivity contribution in [1.82, 2.24) is 4.98 Å². The van der Waals surface area contributed by atoms with Gasteiger partial charge in [0, 0.05) is 23.7 Å². The number of nitrogens with one attached hydrogen (secondary N) is 1. The van der Waals surface area contributed by atoms with Gasteiger partial charge in [-0.2, -0.15) is 0 Å². The molecule has 1 N–H and O–H groups in total. The van der Waals surface area contributed by atoms with Crippen molar-refractivity contribution in [2.24, 2.45) is 0 Å². The predicted octanol–water partition coefficient (Wildman–Crippen LogP) is 4.40. The minimum absolute atomic E-state index is 0.730. The number of para-hydroxylation sites is 1. The topological polar surface area (TPSA) is 25.0 Å². The molecular weight excluding hydrogens is 234 g/mol. The van der Waals surface area contributed by atoms with E-state index in [-0.39, 0.29) is 0 Å². The lowest BCUT2D eigenvalue weighted by Gasteiger charge is -2.22. The van der Waals surface area contributed by atoms with Crippen molar-refractivity contribution in [2.75, 3.05) is 13.7 Å². The zero-order valence-corrected chi connectivity index (χ0v) is 11.7. The van der Waals surface area contributed by atoms with E-state index in [1.165, 1.54) is 54.3 Å². The van der Waals surface area contributed by atoms with Crippen LogP contribution in [0.1, 0.15) is 49.3 Å². The highest BCUT2D eigenvalue weighted by atomic mass is 16.5. The van der Waals surface area contributed by atoms with Gasteiger partial charge in [-0.1, -0.05) is 37.5 Å². The van der Waals surface area contributed by atoms with Gasteiger partial charge in [-0.05, 0) is 36.8 Å². The van der Waals surface area contributed by atoms with Crippen LogP contribution in [0.15, 0.2) is 24.3 Å². The number of ether oxygens (including phenoxy) is 1. The predicted molar refractivity (Wildman–Crippen MR) is 79.7 cm³/mol.